The number of hydrazone groups is 1. The predicted molar refractivity (Wildman–Crippen MR) is 123 cm³/mol. The maximum atomic E-state index is 12.7. The lowest BCUT2D eigenvalue weighted by molar-refractivity contribution is -0.119. The van der Waals surface area contributed by atoms with Gasteiger partial charge >= 0.3 is 6.03 Å². The smallest absolute Gasteiger partial charge is 0.314 e. The summed E-state index contributed by atoms with van der Waals surface area (Å²) in [6, 6.07) is 20.8. The van der Waals surface area contributed by atoms with Crippen molar-refractivity contribution in [2.45, 2.75) is 26.4 Å². The first kappa shape index (κ1) is 19.9. The van der Waals surface area contributed by atoms with Crippen LogP contribution in [0.15, 0.2) is 78.0 Å². The van der Waals surface area contributed by atoms with Gasteiger partial charge in [0.15, 0.2) is 0 Å². The van der Waals surface area contributed by atoms with Crippen LogP contribution in [0.1, 0.15) is 30.2 Å². The highest BCUT2D eigenvalue weighted by molar-refractivity contribution is 6.10. The van der Waals surface area contributed by atoms with Gasteiger partial charge in [-0.05, 0) is 41.5 Å². The molecule has 0 saturated heterocycles. The minimum Gasteiger partial charge on any atom is -0.314 e. The summed E-state index contributed by atoms with van der Waals surface area (Å²) in [5, 5.41) is 9.09. The number of benzene rings is 2. The van der Waals surface area contributed by atoms with Gasteiger partial charge in [-0.1, -0.05) is 43.3 Å². The van der Waals surface area contributed by atoms with Crippen LogP contribution < -0.4 is 10.3 Å². The fourth-order valence-corrected chi connectivity index (χ4v) is 4.09. The number of carbonyl (C=O) groups excluding carboxylic acids is 2. The van der Waals surface area contributed by atoms with E-state index in [1.54, 1.807) is 11.1 Å². The number of amides is 3. The van der Waals surface area contributed by atoms with E-state index in [9.17, 15) is 9.59 Å². The molecule has 5 rings (SSSR count). The molecule has 0 aliphatic carbocycles. The van der Waals surface area contributed by atoms with Gasteiger partial charge in [0, 0.05) is 30.8 Å². The number of hydrogen-bond acceptors (Lipinski definition) is 4. The lowest BCUT2D eigenvalue weighted by Crippen LogP contribution is -2.36. The lowest BCUT2D eigenvalue weighted by Gasteiger charge is -2.27. The average molecular weight is 425 g/mol. The van der Waals surface area contributed by atoms with Gasteiger partial charge in [0.1, 0.15) is 0 Å². The number of aromatic nitrogens is 1. The van der Waals surface area contributed by atoms with E-state index in [2.05, 4.69) is 15.4 Å². The van der Waals surface area contributed by atoms with E-state index in [0.717, 1.165) is 28.2 Å². The highest BCUT2D eigenvalue weighted by Crippen LogP contribution is 2.26. The monoisotopic (exact) mass is 425 g/mol. The van der Waals surface area contributed by atoms with Crippen molar-refractivity contribution in [2.24, 2.45) is 11.0 Å². The van der Waals surface area contributed by atoms with Crippen LogP contribution in [0.2, 0.25) is 0 Å². The Labute approximate surface area is 186 Å². The molecule has 0 spiro atoms. The third-order valence-electron chi connectivity index (χ3n) is 5.80. The van der Waals surface area contributed by atoms with E-state index < -0.39 is 0 Å². The maximum Gasteiger partial charge on any atom is 0.322 e. The van der Waals surface area contributed by atoms with Crippen molar-refractivity contribution in [3.63, 3.8) is 0 Å². The summed E-state index contributed by atoms with van der Waals surface area (Å²) in [6.45, 7) is 3.08. The van der Waals surface area contributed by atoms with E-state index in [-0.39, 0.29) is 17.9 Å². The first-order valence-electron chi connectivity index (χ1n) is 10.6. The second-order valence-corrected chi connectivity index (χ2v) is 8.10. The molecule has 160 valence electrons. The molecule has 7 nitrogen and oxygen atoms in total. The first-order chi connectivity index (χ1) is 15.6. The molecule has 2 aliphatic rings. The third-order valence-corrected chi connectivity index (χ3v) is 5.80. The standard InChI is InChI=1S/C25H23N5O2/c1-17-14-23(31)30(21-7-3-2-4-8-21)28-24(17)18-9-11-20(12-10-18)27-25(32)29-15-19-6-5-13-26-22(19)16-29/h2-13,17H,14-16H2,1H3,(H,27,32). The Hall–Kier alpha value is -4.00. The minimum atomic E-state index is -0.153. The molecule has 0 radical (unpaired) electrons. The summed E-state index contributed by atoms with van der Waals surface area (Å²) in [6.07, 6.45) is 2.15. The highest BCUT2D eigenvalue weighted by Gasteiger charge is 2.28. The Morgan fingerprint density at radius 3 is 2.53 bits per heavy atom. The minimum absolute atomic E-state index is 0.0125. The molecule has 0 fully saturated rings. The topological polar surface area (TPSA) is 77.9 Å². The number of pyridine rings is 1. The highest BCUT2D eigenvalue weighted by atomic mass is 16.2. The Morgan fingerprint density at radius 1 is 1.00 bits per heavy atom. The molecule has 3 aromatic rings. The number of nitrogens with one attached hydrogen (secondary N) is 1. The molecule has 1 unspecified atom stereocenters. The molecule has 1 N–H and O–H groups in total. The molecule has 1 atom stereocenters. The number of nitrogens with zero attached hydrogens (tertiary/aromatic N) is 4. The van der Waals surface area contributed by atoms with E-state index in [1.165, 1.54) is 5.01 Å². The number of urea groups is 1. The average Bonchev–Trinajstić information content (AvgIpc) is 3.25. The van der Waals surface area contributed by atoms with E-state index in [1.807, 2.05) is 73.7 Å². The molecule has 2 aromatic carbocycles. The first-order valence-corrected chi connectivity index (χ1v) is 10.6. The van der Waals surface area contributed by atoms with Crippen molar-refractivity contribution in [1.82, 2.24) is 9.88 Å². The van der Waals surface area contributed by atoms with Gasteiger partial charge in [-0.2, -0.15) is 5.10 Å². The summed E-state index contributed by atoms with van der Waals surface area (Å²) in [5.41, 5.74) is 5.28. The van der Waals surface area contributed by atoms with Gasteiger partial charge in [-0.15, -0.1) is 0 Å². The van der Waals surface area contributed by atoms with Crippen molar-refractivity contribution >= 4 is 29.0 Å². The van der Waals surface area contributed by atoms with Crippen molar-refractivity contribution in [2.75, 3.05) is 10.3 Å². The van der Waals surface area contributed by atoms with Crippen LogP contribution in [0.3, 0.4) is 0 Å². The second kappa shape index (κ2) is 8.26. The SMILES string of the molecule is CC1CC(=O)N(c2ccccc2)N=C1c1ccc(NC(=O)N2Cc3cccnc3C2)cc1. The van der Waals surface area contributed by atoms with Crippen LogP contribution in [-0.4, -0.2) is 27.5 Å². The lowest BCUT2D eigenvalue weighted by atomic mass is 9.93. The van der Waals surface area contributed by atoms with Gasteiger partial charge in [0.25, 0.3) is 0 Å². The molecule has 3 heterocycles. The van der Waals surface area contributed by atoms with Gasteiger partial charge in [-0.25, -0.2) is 9.80 Å². The van der Waals surface area contributed by atoms with Crippen LogP contribution in [0.4, 0.5) is 16.2 Å². The molecule has 0 saturated carbocycles. The van der Waals surface area contributed by atoms with Gasteiger partial charge in [0.2, 0.25) is 5.91 Å². The van der Waals surface area contributed by atoms with Gasteiger partial charge < -0.3 is 10.2 Å². The largest absolute Gasteiger partial charge is 0.322 e. The number of carbonyl (C=O) groups is 2. The number of rotatable bonds is 3. The van der Waals surface area contributed by atoms with Crippen LogP contribution in [0.5, 0.6) is 0 Å². The van der Waals surface area contributed by atoms with Crippen molar-refractivity contribution in [1.29, 1.82) is 0 Å². The normalized spacial score (nSPS) is 17.7. The Morgan fingerprint density at radius 2 is 1.78 bits per heavy atom. The fraction of sp³-hybridized carbons (Fsp3) is 0.200. The second-order valence-electron chi connectivity index (χ2n) is 8.10. The van der Waals surface area contributed by atoms with Crippen molar-refractivity contribution in [3.05, 3.63) is 89.7 Å². The molecule has 2 aliphatic heterocycles. The summed E-state index contributed by atoms with van der Waals surface area (Å²) in [7, 11) is 0. The maximum absolute atomic E-state index is 12.7. The summed E-state index contributed by atoms with van der Waals surface area (Å²) in [5.74, 6) is -0.00376. The van der Waals surface area contributed by atoms with Crippen molar-refractivity contribution < 1.29 is 9.59 Å². The fourth-order valence-electron chi connectivity index (χ4n) is 4.09. The van der Waals surface area contributed by atoms with Crippen LogP contribution in [-0.2, 0) is 17.9 Å². The zero-order valence-corrected chi connectivity index (χ0v) is 17.7. The number of hydrogen-bond donors (Lipinski definition) is 1. The predicted octanol–water partition coefficient (Wildman–Crippen LogP) is 4.41. The quantitative estimate of drug-likeness (QED) is 0.675. The van der Waals surface area contributed by atoms with E-state index in [4.69, 9.17) is 0 Å². The van der Waals surface area contributed by atoms with Crippen LogP contribution in [0, 0.1) is 5.92 Å². The molecular formula is C25H23N5O2. The molecule has 1 aromatic heterocycles. The van der Waals surface area contributed by atoms with E-state index in [0.29, 0.717) is 25.2 Å². The number of fused-ring (bicyclic) bond motifs is 1. The summed E-state index contributed by atoms with van der Waals surface area (Å²) in [4.78, 5) is 31.3. The summed E-state index contributed by atoms with van der Waals surface area (Å²) >= 11 is 0. The van der Waals surface area contributed by atoms with Crippen LogP contribution in [0.25, 0.3) is 0 Å². The number of anilines is 2. The molecule has 0 bridgehead atoms. The Bertz CT molecular complexity index is 1170. The zero-order valence-electron chi connectivity index (χ0n) is 17.7. The molecular weight excluding hydrogens is 402 g/mol. The third kappa shape index (κ3) is 3.85. The molecule has 7 heteroatoms. The van der Waals surface area contributed by atoms with Crippen LogP contribution >= 0.6 is 0 Å². The Kier molecular flexibility index (Phi) is 5.15. The molecule has 32 heavy (non-hydrogen) atoms. The summed E-state index contributed by atoms with van der Waals surface area (Å²) < 4.78 is 0. The Balaban J connectivity index is 1.31. The molecule has 3 amide bonds. The van der Waals surface area contributed by atoms with Crippen molar-refractivity contribution in [3.8, 4) is 0 Å². The van der Waals surface area contributed by atoms with E-state index >= 15 is 0 Å². The number of para-hydroxylation sites is 1. The zero-order chi connectivity index (χ0) is 22.1. The van der Waals surface area contributed by atoms with Gasteiger partial charge in [0.05, 0.1) is 23.6 Å². The van der Waals surface area contributed by atoms with Gasteiger partial charge in [-0.3, -0.25) is 9.78 Å².